The highest BCUT2D eigenvalue weighted by Crippen LogP contribution is 2.32. The summed E-state index contributed by atoms with van der Waals surface area (Å²) in [5.41, 5.74) is 4.61. The first-order valence-corrected chi connectivity index (χ1v) is 16.7. The monoisotopic (exact) mass is 680 g/mol. The number of nitrogens with zero attached hydrogens (tertiary/aromatic N) is 4. The maximum Gasteiger partial charge on any atom is 0.323 e. The molecular formula is C38H41ClN6O2S. The third kappa shape index (κ3) is 8.60. The average Bonchev–Trinajstić information content (AvgIpc) is 3.08. The molecule has 2 amide bonds. The largest absolute Gasteiger partial charge is 1.00 e. The zero-order valence-electron chi connectivity index (χ0n) is 27.7. The molecule has 1 aliphatic heterocycles. The van der Waals surface area contributed by atoms with Gasteiger partial charge in [0.25, 0.3) is 0 Å². The molecule has 4 aromatic rings. The van der Waals surface area contributed by atoms with Crippen LogP contribution in [0.3, 0.4) is 0 Å². The molecule has 2 aliphatic rings. The SMILES string of the molecule is CN(CCCOc1ccccc1NC(=O)Nc1ccc2ccccc2c1)CCN(C)c1ccc2nc3ccc(=[N+](C)C)cc-3sc2c1.[Cl-]. The molecule has 6 rings (SSSR count). The second-order valence-electron chi connectivity index (χ2n) is 12.0. The van der Waals surface area contributed by atoms with Gasteiger partial charge in [-0.1, -0.05) is 42.5 Å². The van der Waals surface area contributed by atoms with Gasteiger partial charge >= 0.3 is 6.03 Å². The van der Waals surface area contributed by atoms with E-state index in [-0.39, 0.29) is 18.4 Å². The van der Waals surface area contributed by atoms with Crippen LogP contribution in [0.4, 0.5) is 21.9 Å². The smallest absolute Gasteiger partial charge is 0.323 e. The highest BCUT2D eigenvalue weighted by molar-refractivity contribution is 7.21. The van der Waals surface area contributed by atoms with E-state index >= 15 is 0 Å². The molecule has 0 saturated carbocycles. The van der Waals surface area contributed by atoms with Crippen LogP contribution in [-0.4, -0.2) is 70.3 Å². The van der Waals surface area contributed by atoms with E-state index < -0.39 is 0 Å². The Kier molecular flexibility index (Phi) is 11.5. The molecule has 2 N–H and O–H groups in total. The van der Waals surface area contributed by atoms with E-state index in [0.717, 1.165) is 53.7 Å². The summed E-state index contributed by atoms with van der Waals surface area (Å²) in [7, 11) is 8.40. The molecule has 0 saturated heterocycles. The Hall–Kier alpha value is -4.70. The topological polar surface area (TPSA) is 72.7 Å². The lowest BCUT2D eigenvalue weighted by Gasteiger charge is -2.24. The lowest BCUT2D eigenvalue weighted by atomic mass is 10.1. The first-order chi connectivity index (χ1) is 22.8. The molecule has 0 unspecified atom stereocenters. The number of benzene rings is 5. The number of likely N-dealkylation sites (N-methyl/N-ethyl adjacent to an activating group) is 2. The fourth-order valence-electron chi connectivity index (χ4n) is 5.44. The van der Waals surface area contributed by atoms with Gasteiger partial charge in [0.15, 0.2) is 0 Å². The van der Waals surface area contributed by atoms with Gasteiger partial charge in [-0.3, -0.25) is 0 Å². The molecule has 10 heteroatoms. The molecule has 0 spiro atoms. The number of hydrogen-bond acceptors (Lipinski definition) is 6. The second kappa shape index (κ2) is 15.9. The van der Waals surface area contributed by atoms with Gasteiger partial charge in [0, 0.05) is 50.2 Å². The van der Waals surface area contributed by atoms with Crippen molar-refractivity contribution >= 4 is 55.4 Å². The van der Waals surface area contributed by atoms with Gasteiger partial charge in [0.05, 0.1) is 33.1 Å². The minimum atomic E-state index is -0.310. The fraction of sp³-hybridized carbons (Fsp3) is 0.237. The summed E-state index contributed by atoms with van der Waals surface area (Å²) in [6.07, 6.45) is 0.864. The number of hydrogen-bond donors (Lipinski definition) is 2. The van der Waals surface area contributed by atoms with Crippen LogP contribution in [0.1, 0.15) is 6.42 Å². The minimum Gasteiger partial charge on any atom is -1.00 e. The predicted octanol–water partition coefficient (Wildman–Crippen LogP) is 4.07. The number of aromatic nitrogens is 1. The number of urea groups is 1. The van der Waals surface area contributed by atoms with Crippen LogP contribution < -0.4 is 42.6 Å². The lowest BCUT2D eigenvalue weighted by Crippen LogP contribution is -3.00. The molecule has 8 nitrogen and oxygen atoms in total. The van der Waals surface area contributed by atoms with Gasteiger partial charge in [-0.2, -0.15) is 0 Å². The fourth-order valence-corrected chi connectivity index (χ4v) is 6.48. The molecule has 0 radical (unpaired) electrons. The molecule has 248 valence electrons. The summed E-state index contributed by atoms with van der Waals surface area (Å²) in [5, 5.41) is 9.25. The average molecular weight is 681 g/mol. The first-order valence-electron chi connectivity index (χ1n) is 15.9. The van der Waals surface area contributed by atoms with Crippen molar-refractivity contribution in [1.82, 2.24) is 14.5 Å². The van der Waals surface area contributed by atoms with Crippen molar-refractivity contribution in [1.29, 1.82) is 0 Å². The summed E-state index contributed by atoms with van der Waals surface area (Å²) >= 11 is 1.79. The van der Waals surface area contributed by atoms with E-state index in [4.69, 9.17) is 9.72 Å². The summed E-state index contributed by atoms with van der Waals surface area (Å²) in [6.45, 7) is 3.27. The summed E-state index contributed by atoms with van der Waals surface area (Å²) in [6, 6.07) is 34.1. The van der Waals surface area contributed by atoms with E-state index in [9.17, 15) is 4.79 Å². The van der Waals surface area contributed by atoms with Crippen molar-refractivity contribution in [3.63, 3.8) is 0 Å². The Balaban J connectivity index is 0.00000451. The van der Waals surface area contributed by atoms with Gasteiger partial charge in [-0.05, 0) is 72.8 Å². The number of carbonyl (C=O) groups excluding carboxylic acids is 1. The maximum absolute atomic E-state index is 12.8. The molecule has 0 fully saturated rings. The van der Waals surface area contributed by atoms with Crippen LogP contribution in [0.15, 0.2) is 103 Å². The van der Waals surface area contributed by atoms with Crippen LogP contribution in [0, 0.1) is 0 Å². The van der Waals surface area contributed by atoms with Gasteiger partial charge in [0.2, 0.25) is 5.36 Å². The zero-order valence-corrected chi connectivity index (χ0v) is 29.3. The van der Waals surface area contributed by atoms with Crippen LogP contribution in [0.5, 0.6) is 5.75 Å². The van der Waals surface area contributed by atoms with Crippen molar-refractivity contribution in [3.05, 3.63) is 108 Å². The molecule has 1 heterocycles. The number of rotatable bonds is 11. The molecule has 1 aliphatic carbocycles. The van der Waals surface area contributed by atoms with Crippen molar-refractivity contribution < 1.29 is 21.9 Å². The van der Waals surface area contributed by atoms with Gasteiger partial charge in [-0.25, -0.2) is 14.4 Å². The van der Waals surface area contributed by atoms with Crippen molar-refractivity contribution in [3.8, 4) is 16.3 Å². The van der Waals surface area contributed by atoms with E-state index in [2.05, 4.69) is 95.7 Å². The third-order valence-electron chi connectivity index (χ3n) is 8.21. The van der Waals surface area contributed by atoms with E-state index in [1.165, 1.54) is 20.6 Å². The normalized spacial score (nSPS) is 11.0. The Morgan fingerprint density at radius 3 is 2.46 bits per heavy atom. The van der Waals surface area contributed by atoms with Crippen LogP contribution in [-0.2, 0) is 0 Å². The third-order valence-corrected chi connectivity index (χ3v) is 9.30. The van der Waals surface area contributed by atoms with Gasteiger partial charge < -0.3 is 37.6 Å². The zero-order chi connectivity index (χ0) is 32.8. The Morgan fingerprint density at radius 2 is 1.62 bits per heavy atom. The lowest BCUT2D eigenvalue weighted by molar-refractivity contribution is -0.0000127. The molecular weight excluding hydrogens is 640 g/mol. The first kappa shape index (κ1) is 34.6. The minimum absolute atomic E-state index is 0. The number of para-hydroxylation sites is 2. The van der Waals surface area contributed by atoms with Gasteiger partial charge in [-0.15, -0.1) is 11.3 Å². The molecule has 4 aromatic carbocycles. The van der Waals surface area contributed by atoms with Crippen LogP contribution in [0.2, 0.25) is 0 Å². The van der Waals surface area contributed by atoms with Gasteiger partial charge in [0.1, 0.15) is 19.8 Å². The number of carbonyl (C=O) groups is 1. The number of nitrogens with one attached hydrogen (secondary N) is 2. The van der Waals surface area contributed by atoms with E-state index in [1.807, 2.05) is 60.7 Å². The van der Waals surface area contributed by atoms with Crippen LogP contribution >= 0.6 is 11.3 Å². The highest BCUT2D eigenvalue weighted by atomic mass is 35.5. The van der Waals surface area contributed by atoms with Crippen molar-refractivity contribution in [2.24, 2.45) is 0 Å². The summed E-state index contributed by atoms with van der Waals surface area (Å²) < 4.78 is 9.40. The number of fused-ring (bicyclic) bond motifs is 3. The number of halogens is 1. The molecule has 0 atom stereocenters. The Morgan fingerprint density at radius 1 is 0.833 bits per heavy atom. The number of amides is 2. The Bertz CT molecular complexity index is 2060. The number of ether oxygens (including phenoxy) is 1. The second-order valence-corrected chi connectivity index (χ2v) is 13.1. The summed E-state index contributed by atoms with van der Waals surface area (Å²) in [4.78, 5) is 23.5. The molecule has 0 bridgehead atoms. The van der Waals surface area contributed by atoms with E-state index in [1.54, 1.807) is 11.3 Å². The predicted molar refractivity (Wildman–Crippen MR) is 197 cm³/mol. The Labute approximate surface area is 292 Å². The van der Waals surface area contributed by atoms with E-state index in [0.29, 0.717) is 18.0 Å². The standard InChI is InChI=1S/C38H40N6O2S.ClH/c1-42(2)30-16-18-33-36(25-30)47-37-26-31(17-19-34(37)40-33)44(4)22-21-43(3)20-9-23-46-35-13-8-7-12-32(35)41-38(45)39-29-15-14-27-10-5-6-11-28(27)24-29;/h5-8,10-19,24-26H,9,20-23H2,1-4H3,(H-,39,41,45);1H. The van der Waals surface area contributed by atoms with Crippen molar-refractivity contribution in [2.45, 2.75) is 6.42 Å². The highest BCUT2D eigenvalue weighted by Gasteiger charge is 2.12. The maximum atomic E-state index is 12.8. The quantitative estimate of drug-likeness (QED) is 0.123. The van der Waals surface area contributed by atoms with Crippen LogP contribution in [0.25, 0.3) is 31.6 Å². The number of anilines is 3. The molecule has 0 aromatic heterocycles. The molecule has 48 heavy (non-hydrogen) atoms. The summed E-state index contributed by atoms with van der Waals surface area (Å²) in [5.74, 6) is 0.654. The van der Waals surface area contributed by atoms with Crippen molar-refractivity contribution in [2.75, 3.05) is 70.0 Å².